The lowest BCUT2D eigenvalue weighted by atomic mass is 10.1. The van der Waals surface area contributed by atoms with Crippen molar-refractivity contribution < 1.29 is 19.0 Å². The van der Waals surface area contributed by atoms with Crippen molar-refractivity contribution in [2.75, 3.05) is 27.4 Å². The fourth-order valence-corrected chi connectivity index (χ4v) is 2.29. The van der Waals surface area contributed by atoms with Gasteiger partial charge in [-0.3, -0.25) is 0 Å². The Hall–Kier alpha value is -1.85. The molecule has 2 rings (SSSR count). The number of methoxy groups -OCH3 is 1. The van der Waals surface area contributed by atoms with Gasteiger partial charge >= 0.3 is 5.97 Å². The van der Waals surface area contributed by atoms with Crippen molar-refractivity contribution in [3.8, 4) is 0 Å². The Morgan fingerprint density at radius 3 is 3.00 bits per heavy atom. The number of benzene rings is 1. The van der Waals surface area contributed by atoms with E-state index in [1.807, 2.05) is 25.3 Å². The molecule has 1 aromatic rings. The average molecular weight is 305 g/mol. The molecule has 1 N–H and O–H groups in total. The molecule has 1 heterocycles. The number of carbonyl (C=O) groups is 1. The minimum Gasteiger partial charge on any atom is -0.465 e. The standard InChI is InChI=1S/C17H23NO4/c1-18-15(12-22-16-8-3-4-9-21-16)11-13-6-5-7-14(10-13)17(19)20-2/h5-7,10-11,16,18H,3-4,8-9,12H2,1-2H3/b15-11-/t16-/m0/s1. The summed E-state index contributed by atoms with van der Waals surface area (Å²) in [6.07, 6.45) is 5.02. The normalized spacial score (nSPS) is 18.8. The van der Waals surface area contributed by atoms with Gasteiger partial charge in [0.05, 0.1) is 19.3 Å². The maximum atomic E-state index is 11.6. The van der Waals surface area contributed by atoms with Crippen LogP contribution in [0.3, 0.4) is 0 Å². The van der Waals surface area contributed by atoms with Crippen molar-refractivity contribution in [2.45, 2.75) is 25.6 Å². The summed E-state index contributed by atoms with van der Waals surface area (Å²) in [4.78, 5) is 11.6. The smallest absolute Gasteiger partial charge is 0.337 e. The molecule has 5 heteroatoms. The lowest BCUT2D eigenvalue weighted by molar-refractivity contribution is -0.157. The molecule has 0 aromatic heterocycles. The highest BCUT2D eigenvalue weighted by Crippen LogP contribution is 2.15. The number of carbonyl (C=O) groups excluding carboxylic acids is 1. The summed E-state index contributed by atoms with van der Waals surface area (Å²) in [6, 6.07) is 7.28. The molecule has 1 fully saturated rings. The number of nitrogens with one attached hydrogen (secondary N) is 1. The highest BCUT2D eigenvalue weighted by molar-refractivity contribution is 5.90. The second-order valence-corrected chi connectivity index (χ2v) is 5.14. The Labute approximate surface area is 131 Å². The second-order valence-electron chi connectivity index (χ2n) is 5.14. The quantitative estimate of drug-likeness (QED) is 0.819. The third-order valence-corrected chi connectivity index (χ3v) is 3.53. The lowest BCUT2D eigenvalue weighted by Gasteiger charge is -2.23. The molecule has 1 atom stereocenters. The number of likely N-dealkylation sites (N-methyl/N-ethyl adjacent to an activating group) is 1. The van der Waals surface area contributed by atoms with Crippen LogP contribution in [0.1, 0.15) is 35.2 Å². The molecule has 0 saturated carbocycles. The van der Waals surface area contributed by atoms with Crippen LogP contribution in [0.2, 0.25) is 0 Å². The molecule has 0 aliphatic carbocycles. The first-order chi connectivity index (χ1) is 10.7. The van der Waals surface area contributed by atoms with Gasteiger partial charge in [-0.05, 0) is 43.0 Å². The van der Waals surface area contributed by atoms with Crippen molar-refractivity contribution in [3.63, 3.8) is 0 Å². The van der Waals surface area contributed by atoms with E-state index in [0.29, 0.717) is 12.2 Å². The summed E-state index contributed by atoms with van der Waals surface area (Å²) < 4.78 is 16.0. The van der Waals surface area contributed by atoms with E-state index in [9.17, 15) is 4.79 Å². The minimum atomic E-state index is -0.340. The molecule has 1 aliphatic heterocycles. The second kappa shape index (κ2) is 8.56. The summed E-state index contributed by atoms with van der Waals surface area (Å²) in [5.74, 6) is -0.340. The zero-order valence-corrected chi connectivity index (χ0v) is 13.1. The summed E-state index contributed by atoms with van der Waals surface area (Å²) in [5, 5.41) is 3.12. The van der Waals surface area contributed by atoms with Crippen molar-refractivity contribution in [2.24, 2.45) is 0 Å². The first kappa shape index (κ1) is 16.5. The average Bonchev–Trinajstić information content (AvgIpc) is 2.59. The summed E-state index contributed by atoms with van der Waals surface area (Å²) >= 11 is 0. The maximum absolute atomic E-state index is 11.6. The SMILES string of the molecule is CN/C(=C\c1cccc(C(=O)OC)c1)CO[C@H]1CCCCO1. The van der Waals surface area contributed by atoms with E-state index in [4.69, 9.17) is 14.2 Å². The molecular weight excluding hydrogens is 282 g/mol. The zero-order chi connectivity index (χ0) is 15.8. The van der Waals surface area contributed by atoms with E-state index in [-0.39, 0.29) is 12.3 Å². The zero-order valence-electron chi connectivity index (χ0n) is 13.1. The molecule has 22 heavy (non-hydrogen) atoms. The van der Waals surface area contributed by atoms with Crippen LogP contribution in [0.4, 0.5) is 0 Å². The molecule has 0 unspecified atom stereocenters. The highest BCUT2D eigenvalue weighted by atomic mass is 16.7. The van der Waals surface area contributed by atoms with Crippen LogP contribution in [0.25, 0.3) is 6.08 Å². The molecule has 5 nitrogen and oxygen atoms in total. The largest absolute Gasteiger partial charge is 0.465 e. The molecule has 0 spiro atoms. The predicted octanol–water partition coefficient (Wildman–Crippen LogP) is 2.58. The van der Waals surface area contributed by atoms with Gasteiger partial charge in [-0.1, -0.05) is 12.1 Å². The van der Waals surface area contributed by atoms with Crippen LogP contribution in [-0.4, -0.2) is 39.6 Å². The van der Waals surface area contributed by atoms with Crippen LogP contribution < -0.4 is 5.32 Å². The first-order valence-corrected chi connectivity index (χ1v) is 7.53. The van der Waals surface area contributed by atoms with Crippen LogP contribution in [-0.2, 0) is 14.2 Å². The van der Waals surface area contributed by atoms with Crippen LogP contribution >= 0.6 is 0 Å². The molecule has 120 valence electrons. The van der Waals surface area contributed by atoms with Crippen molar-refractivity contribution in [1.82, 2.24) is 5.32 Å². The molecule has 0 amide bonds. The van der Waals surface area contributed by atoms with Gasteiger partial charge in [0.25, 0.3) is 0 Å². The number of ether oxygens (including phenoxy) is 3. The first-order valence-electron chi connectivity index (χ1n) is 7.53. The van der Waals surface area contributed by atoms with E-state index < -0.39 is 0 Å². The van der Waals surface area contributed by atoms with Crippen molar-refractivity contribution >= 4 is 12.0 Å². The van der Waals surface area contributed by atoms with Gasteiger partial charge in [-0.15, -0.1) is 0 Å². The monoisotopic (exact) mass is 305 g/mol. The van der Waals surface area contributed by atoms with Gasteiger partial charge in [0, 0.05) is 19.4 Å². The van der Waals surface area contributed by atoms with E-state index in [1.54, 1.807) is 12.1 Å². The third-order valence-electron chi connectivity index (χ3n) is 3.53. The van der Waals surface area contributed by atoms with Gasteiger partial charge in [-0.2, -0.15) is 0 Å². The minimum absolute atomic E-state index is 0.119. The molecule has 0 radical (unpaired) electrons. The number of rotatable bonds is 6. The Morgan fingerprint density at radius 2 is 2.32 bits per heavy atom. The van der Waals surface area contributed by atoms with Gasteiger partial charge in [0.1, 0.15) is 0 Å². The predicted molar refractivity (Wildman–Crippen MR) is 84.4 cm³/mol. The number of hydrogen-bond donors (Lipinski definition) is 1. The Balaban J connectivity index is 1.99. The van der Waals surface area contributed by atoms with E-state index in [2.05, 4.69) is 5.32 Å². The van der Waals surface area contributed by atoms with Crippen LogP contribution in [0, 0.1) is 0 Å². The van der Waals surface area contributed by atoms with E-state index >= 15 is 0 Å². The van der Waals surface area contributed by atoms with Gasteiger partial charge in [-0.25, -0.2) is 4.79 Å². The number of hydrogen-bond acceptors (Lipinski definition) is 5. The Morgan fingerprint density at radius 1 is 1.45 bits per heavy atom. The summed E-state index contributed by atoms with van der Waals surface area (Å²) in [6.45, 7) is 1.22. The summed E-state index contributed by atoms with van der Waals surface area (Å²) in [7, 11) is 3.23. The maximum Gasteiger partial charge on any atom is 0.337 e. The number of esters is 1. The van der Waals surface area contributed by atoms with Gasteiger partial charge in [0.2, 0.25) is 0 Å². The van der Waals surface area contributed by atoms with E-state index in [0.717, 1.165) is 37.1 Å². The molecule has 1 aliphatic rings. The van der Waals surface area contributed by atoms with Crippen molar-refractivity contribution in [3.05, 3.63) is 41.1 Å². The Kier molecular flexibility index (Phi) is 6.43. The summed E-state index contributed by atoms with van der Waals surface area (Å²) in [5.41, 5.74) is 2.37. The molecule has 0 bridgehead atoms. The highest BCUT2D eigenvalue weighted by Gasteiger charge is 2.14. The lowest BCUT2D eigenvalue weighted by Crippen LogP contribution is -2.25. The molecule has 1 saturated heterocycles. The van der Waals surface area contributed by atoms with Crippen LogP contribution in [0.15, 0.2) is 30.0 Å². The van der Waals surface area contributed by atoms with Gasteiger partial charge < -0.3 is 19.5 Å². The Bertz CT molecular complexity index is 521. The molecular formula is C17H23NO4. The fourth-order valence-electron chi connectivity index (χ4n) is 2.29. The molecule has 1 aromatic carbocycles. The fraction of sp³-hybridized carbons (Fsp3) is 0.471. The topological polar surface area (TPSA) is 56.8 Å². The van der Waals surface area contributed by atoms with Gasteiger partial charge in [0.15, 0.2) is 6.29 Å². The van der Waals surface area contributed by atoms with E-state index in [1.165, 1.54) is 7.11 Å². The van der Waals surface area contributed by atoms with Crippen LogP contribution in [0.5, 0.6) is 0 Å². The van der Waals surface area contributed by atoms with Crippen molar-refractivity contribution in [1.29, 1.82) is 0 Å². The third kappa shape index (κ3) is 4.86.